The summed E-state index contributed by atoms with van der Waals surface area (Å²) in [5.74, 6) is 0.506. The van der Waals surface area contributed by atoms with Gasteiger partial charge in [-0.05, 0) is 48.5 Å². The van der Waals surface area contributed by atoms with Crippen molar-refractivity contribution >= 4 is 23.3 Å². The lowest BCUT2D eigenvalue weighted by Crippen LogP contribution is -2.41. The van der Waals surface area contributed by atoms with E-state index in [1.807, 2.05) is 28.6 Å². The van der Waals surface area contributed by atoms with Gasteiger partial charge in [-0.2, -0.15) is 0 Å². The van der Waals surface area contributed by atoms with Crippen LogP contribution in [0.5, 0.6) is 5.75 Å². The average Bonchev–Trinajstić information content (AvgIpc) is 3.31. The molecular weight excluding hydrogens is 437 g/mol. The molecule has 0 spiro atoms. The summed E-state index contributed by atoms with van der Waals surface area (Å²) in [5.41, 5.74) is 1.88. The second-order valence-electron chi connectivity index (χ2n) is 8.28. The monoisotopic (exact) mass is 465 g/mol. The van der Waals surface area contributed by atoms with Crippen molar-refractivity contribution in [2.45, 2.75) is 32.0 Å². The smallest absolute Gasteiger partial charge is 0.246 e. The Morgan fingerprint density at radius 3 is 2.79 bits per heavy atom. The highest BCUT2D eigenvalue weighted by Crippen LogP contribution is 2.21. The summed E-state index contributed by atoms with van der Waals surface area (Å²) in [4.78, 5) is 20.9. The maximum atomic E-state index is 13.3. The lowest BCUT2D eigenvalue weighted by Gasteiger charge is -2.31. The minimum absolute atomic E-state index is 0.0528. The van der Waals surface area contributed by atoms with Crippen LogP contribution in [0, 0.1) is 5.82 Å². The number of halogens is 1. The van der Waals surface area contributed by atoms with Crippen molar-refractivity contribution in [3.8, 4) is 5.75 Å². The van der Waals surface area contributed by atoms with Gasteiger partial charge in [0.2, 0.25) is 5.91 Å². The predicted octanol–water partition coefficient (Wildman–Crippen LogP) is 5.00. The van der Waals surface area contributed by atoms with Crippen LogP contribution < -0.4 is 4.74 Å². The van der Waals surface area contributed by atoms with Crippen LogP contribution in [0.15, 0.2) is 66.2 Å². The number of thiazole rings is 1. The Morgan fingerprint density at radius 2 is 2.03 bits per heavy atom. The quantitative estimate of drug-likeness (QED) is 0.440. The van der Waals surface area contributed by atoms with Crippen molar-refractivity contribution in [3.63, 3.8) is 0 Å². The second kappa shape index (κ2) is 11.2. The van der Waals surface area contributed by atoms with E-state index >= 15 is 0 Å². The first-order chi connectivity index (χ1) is 16.0. The zero-order valence-corrected chi connectivity index (χ0v) is 19.5. The number of carbonyl (C=O) groups excluding carboxylic acids is 1. The highest BCUT2D eigenvalue weighted by molar-refractivity contribution is 7.09. The molecule has 0 radical (unpaired) electrons. The molecule has 2 aromatic carbocycles. The number of piperidine rings is 1. The van der Waals surface area contributed by atoms with E-state index in [1.165, 1.54) is 23.8 Å². The first-order valence-electron chi connectivity index (χ1n) is 11.1. The van der Waals surface area contributed by atoms with Gasteiger partial charge in [-0.3, -0.25) is 9.69 Å². The number of benzene rings is 2. The van der Waals surface area contributed by atoms with Crippen molar-refractivity contribution < 1.29 is 13.9 Å². The van der Waals surface area contributed by atoms with Crippen molar-refractivity contribution in [2.24, 2.45) is 0 Å². The molecule has 1 amide bonds. The number of aromatic nitrogens is 1. The minimum Gasteiger partial charge on any atom is -0.490 e. The van der Waals surface area contributed by atoms with Crippen LogP contribution in [-0.2, 0) is 17.9 Å². The van der Waals surface area contributed by atoms with Gasteiger partial charge in [-0.25, -0.2) is 9.37 Å². The summed E-state index contributed by atoms with van der Waals surface area (Å²) < 4.78 is 19.5. The number of hydrogen-bond acceptors (Lipinski definition) is 5. The van der Waals surface area contributed by atoms with E-state index in [0.29, 0.717) is 18.7 Å². The summed E-state index contributed by atoms with van der Waals surface area (Å²) in [7, 11) is 2.09. The molecule has 172 valence electrons. The number of rotatable bonds is 8. The van der Waals surface area contributed by atoms with Crippen LogP contribution in [0.1, 0.15) is 29.0 Å². The van der Waals surface area contributed by atoms with E-state index in [2.05, 4.69) is 29.1 Å². The topological polar surface area (TPSA) is 45.7 Å². The Bertz CT molecular complexity index is 1080. The fourth-order valence-corrected chi connectivity index (χ4v) is 4.61. The first kappa shape index (κ1) is 23.1. The van der Waals surface area contributed by atoms with Crippen molar-refractivity contribution in [3.05, 3.63) is 88.1 Å². The van der Waals surface area contributed by atoms with Gasteiger partial charge in [0.25, 0.3) is 0 Å². The van der Waals surface area contributed by atoms with E-state index < -0.39 is 0 Å². The Hall–Kier alpha value is -3.03. The maximum Gasteiger partial charge on any atom is 0.246 e. The van der Waals surface area contributed by atoms with Gasteiger partial charge in [0, 0.05) is 50.1 Å². The molecule has 33 heavy (non-hydrogen) atoms. The summed E-state index contributed by atoms with van der Waals surface area (Å²) in [6, 6.07) is 14.4. The number of carbonyl (C=O) groups is 1. The Labute approximate surface area is 198 Å². The molecule has 4 rings (SSSR count). The Balaban J connectivity index is 1.25. The maximum absolute atomic E-state index is 13.3. The standard InChI is InChI=1S/C26H28FN3O2S/c1-29(19-25-28-12-15-33-25)18-21-5-3-7-24(17-21)32-23-10-13-30(14-11-23)26(31)9-8-20-4-2-6-22(27)16-20/h2-9,12,15-17,23H,10-11,13-14,18-19H2,1H3. The highest BCUT2D eigenvalue weighted by Gasteiger charge is 2.23. The fourth-order valence-electron chi connectivity index (χ4n) is 3.92. The molecule has 1 fully saturated rings. The lowest BCUT2D eigenvalue weighted by molar-refractivity contribution is -0.127. The van der Waals surface area contributed by atoms with E-state index in [1.54, 1.807) is 29.5 Å². The van der Waals surface area contributed by atoms with Gasteiger partial charge >= 0.3 is 0 Å². The SMILES string of the molecule is CN(Cc1cccc(OC2CCN(C(=O)C=Cc3cccc(F)c3)CC2)c1)Cc1nccs1. The lowest BCUT2D eigenvalue weighted by atomic mass is 10.1. The zero-order valence-electron chi connectivity index (χ0n) is 18.7. The number of likely N-dealkylation sites (tertiary alicyclic amines) is 1. The molecular formula is C26H28FN3O2S. The summed E-state index contributed by atoms with van der Waals surface area (Å²) in [6.45, 7) is 2.94. The fraction of sp³-hybridized carbons (Fsp3) is 0.308. The van der Waals surface area contributed by atoms with Gasteiger partial charge < -0.3 is 9.64 Å². The molecule has 1 aromatic heterocycles. The third kappa shape index (κ3) is 6.97. The highest BCUT2D eigenvalue weighted by atomic mass is 32.1. The molecule has 0 saturated carbocycles. The predicted molar refractivity (Wildman–Crippen MR) is 129 cm³/mol. The van der Waals surface area contributed by atoms with Gasteiger partial charge in [0.15, 0.2) is 0 Å². The van der Waals surface area contributed by atoms with E-state index in [9.17, 15) is 9.18 Å². The molecule has 1 saturated heterocycles. The Morgan fingerprint density at radius 1 is 1.21 bits per heavy atom. The van der Waals surface area contributed by atoms with Crippen LogP contribution in [0.2, 0.25) is 0 Å². The number of nitrogens with zero attached hydrogens (tertiary/aromatic N) is 3. The molecule has 2 heterocycles. The number of ether oxygens (including phenoxy) is 1. The molecule has 0 aliphatic carbocycles. The van der Waals surface area contributed by atoms with Crippen molar-refractivity contribution in [1.82, 2.24) is 14.8 Å². The number of amides is 1. The summed E-state index contributed by atoms with van der Waals surface area (Å²) in [6.07, 6.45) is 6.67. The molecule has 0 unspecified atom stereocenters. The largest absolute Gasteiger partial charge is 0.490 e. The summed E-state index contributed by atoms with van der Waals surface area (Å²) in [5, 5.41) is 3.11. The normalized spacial score (nSPS) is 14.8. The average molecular weight is 466 g/mol. The molecule has 0 atom stereocenters. The van der Waals surface area contributed by atoms with Crippen LogP contribution in [0.25, 0.3) is 6.08 Å². The van der Waals surface area contributed by atoms with Gasteiger partial charge in [-0.1, -0.05) is 24.3 Å². The van der Waals surface area contributed by atoms with Crippen LogP contribution in [-0.4, -0.2) is 46.9 Å². The van der Waals surface area contributed by atoms with Gasteiger partial charge in [0.05, 0.1) is 6.54 Å². The molecule has 0 bridgehead atoms. The molecule has 1 aliphatic rings. The molecule has 1 aliphatic heterocycles. The zero-order chi connectivity index (χ0) is 23.0. The van der Waals surface area contributed by atoms with Crippen molar-refractivity contribution in [2.75, 3.05) is 20.1 Å². The molecule has 3 aromatic rings. The van der Waals surface area contributed by atoms with Crippen LogP contribution in [0.3, 0.4) is 0 Å². The molecule has 0 N–H and O–H groups in total. The first-order valence-corrected chi connectivity index (χ1v) is 12.0. The van der Waals surface area contributed by atoms with Crippen LogP contribution >= 0.6 is 11.3 Å². The third-order valence-electron chi connectivity index (χ3n) is 5.56. The third-order valence-corrected chi connectivity index (χ3v) is 6.33. The van der Waals surface area contributed by atoms with Crippen LogP contribution in [0.4, 0.5) is 4.39 Å². The van der Waals surface area contributed by atoms with Gasteiger partial charge in [0.1, 0.15) is 22.7 Å². The Kier molecular flexibility index (Phi) is 7.86. The van der Waals surface area contributed by atoms with Gasteiger partial charge in [-0.15, -0.1) is 11.3 Å². The minimum atomic E-state index is -0.308. The van der Waals surface area contributed by atoms with E-state index in [4.69, 9.17) is 4.74 Å². The summed E-state index contributed by atoms with van der Waals surface area (Å²) >= 11 is 1.67. The number of hydrogen-bond donors (Lipinski definition) is 0. The second-order valence-corrected chi connectivity index (χ2v) is 9.26. The van der Waals surface area contributed by atoms with E-state index in [-0.39, 0.29) is 17.8 Å². The molecule has 7 heteroatoms. The van der Waals surface area contributed by atoms with Crippen molar-refractivity contribution in [1.29, 1.82) is 0 Å². The molecule has 5 nitrogen and oxygen atoms in total. The van der Waals surface area contributed by atoms with E-state index in [0.717, 1.165) is 36.7 Å².